The van der Waals surface area contributed by atoms with Gasteiger partial charge in [0.2, 0.25) is 0 Å². The molecule has 0 radical (unpaired) electrons. The third-order valence-electron chi connectivity index (χ3n) is 2.99. The smallest absolute Gasteiger partial charge is 0.165 e. The summed E-state index contributed by atoms with van der Waals surface area (Å²) in [6.07, 6.45) is 6.20. The Morgan fingerprint density at radius 2 is 2.28 bits per heavy atom. The van der Waals surface area contributed by atoms with Crippen molar-refractivity contribution in [2.75, 3.05) is 0 Å². The minimum atomic E-state index is 0.730. The number of hydrogen-bond donors (Lipinski definition) is 1. The van der Waals surface area contributed by atoms with Gasteiger partial charge >= 0.3 is 0 Å². The van der Waals surface area contributed by atoms with Gasteiger partial charge in [-0.3, -0.25) is 4.68 Å². The van der Waals surface area contributed by atoms with Crippen LogP contribution in [-0.4, -0.2) is 15.8 Å². The molecule has 94 valence electrons. The van der Waals surface area contributed by atoms with E-state index < -0.39 is 0 Å². The lowest BCUT2D eigenvalue weighted by Gasteiger charge is -2.06. The summed E-state index contributed by atoms with van der Waals surface area (Å²) in [6, 6.07) is 8.91. The number of nitrogens with zero attached hydrogens (tertiary/aromatic N) is 2. The Kier molecular flexibility index (Phi) is 3.02. The molecule has 0 unspecified atom stereocenters. The molecule has 4 heteroatoms. The number of hydrogen-bond acceptors (Lipinski definition) is 3. The fourth-order valence-corrected chi connectivity index (χ4v) is 1.86. The average molecular weight is 243 g/mol. The molecule has 0 spiro atoms. The molecule has 18 heavy (non-hydrogen) atoms. The van der Waals surface area contributed by atoms with Crippen molar-refractivity contribution in [1.82, 2.24) is 15.1 Å². The van der Waals surface area contributed by atoms with E-state index in [2.05, 4.69) is 22.5 Å². The van der Waals surface area contributed by atoms with Crippen molar-refractivity contribution in [3.63, 3.8) is 0 Å². The van der Waals surface area contributed by atoms with Crippen LogP contribution < -0.4 is 10.1 Å². The largest absolute Gasteiger partial charge is 0.454 e. The maximum atomic E-state index is 5.75. The lowest BCUT2D eigenvalue weighted by molar-refractivity contribution is 0.481. The SMILES string of the molecule is Cn1cc(Oc2cccc(CNC3CC3)c2)cn1. The highest BCUT2D eigenvalue weighted by Crippen LogP contribution is 2.23. The third kappa shape index (κ3) is 2.90. The van der Waals surface area contributed by atoms with Crippen LogP contribution in [-0.2, 0) is 13.6 Å². The molecular formula is C14H17N3O. The van der Waals surface area contributed by atoms with E-state index in [1.807, 2.05) is 25.4 Å². The molecular weight excluding hydrogens is 226 g/mol. The van der Waals surface area contributed by atoms with E-state index in [0.29, 0.717) is 0 Å². The van der Waals surface area contributed by atoms with E-state index in [0.717, 1.165) is 24.1 Å². The number of ether oxygens (including phenoxy) is 1. The first kappa shape index (κ1) is 11.3. The maximum absolute atomic E-state index is 5.75. The Morgan fingerprint density at radius 1 is 1.39 bits per heavy atom. The maximum Gasteiger partial charge on any atom is 0.165 e. The van der Waals surface area contributed by atoms with E-state index in [-0.39, 0.29) is 0 Å². The quantitative estimate of drug-likeness (QED) is 0.876. The van der Waals surface area contributed by atoms with Crippen molar-refractivity contribution in [3.8, 4) is 11.5 Å². The first-order valence-electron chi connectivity index (χ1n) is 6.28. The summed E-state index contributed by atoms with van der Waals surface area (Å²) in [5.41, 5.74) is 1.25. The van der Waals surface area contributed by atoms with Crippen LogP contribution in [0.4, 0.5) is 0 Å². The van der Waals surface area contributed by atoms with Gasteiger partial charge in [-0.1, -0.05) is 12.1 Å². The van der Waals surface area contributed by atoms with Gasteiger partial charge in [0.05, 0.1) is 12.4 Å². The van der Waals surface area contributed by atoms with Gasteiger partial charge in [0.1, 0.15) is 5.75 Å². The van der Waals surface area contributed by atoms with Crippen LogP contribution in [0, 0.1) is 0 Å². The molecule has 0 bridgehead atoms. The van der Waals surface area contributed by atoms with Gasteiger partial charge in [0, 0.05) is 19.6 Å². The van der Waals surface area contributed by atoms with Gasteiger partial charge in [0.15, 0.2) is 5.75 Å². The van der Waals surface area contributed by atoms with E-state index in [1.54, 1.807) is 10.9 Å². The zero-order chi connectivity index (χ0) is 12.4. The second-order valence-electron chi connectivity index (χ2n) is 4.75. The molecule has 1 aromatic carbocycles. The monoisotopic (exact) mass is 243 g/mol. The third-order valence-corrected chi connectivity index (χ3v) is 2.99. The van der Waals surface area contributed by atoms with Gasteiger partial charge < -0.3 is 10.1 Å². The van der Waals surface area contributed by atoms with Gasteiger partial charge in [0.25, 0.3) is 0 Å². The molecule has 0 amide bonds. The zero-order valence-electron chi connectivity index (χ0n) is 10.5. The van der Waals surface area contributed by atoms with E-state index >= 15 is 0 Å². The predicted molar refractivity (Wildman–Crippen MR) is 69.6 cm³/mol. The molecule has 0 saturated heterocycles. The topological polar surface area (TPSA) is 39.1 Å². The molecule has 1 fully saturated rings. The lowest BCUT2D eigenvalue weighted by Crippen LogP contribution is -2.15. The summed E-state index contributed by atoms with van der Waals surface area (Å²) in [7, 11) is 1.88. The molecule has 1 aromatic heterocycles. The minimum absolute atomic E-state index is 0.730. The Hall–Kier alpha value is -1.81. The Morgan fingerprint density at radius 3 is 3.00 bits per heavy atom. The normalized spacial score (nSPS) is 14.7. The van der Waals surface area contributed by atoms with E-state index in [9.17, 15) is 0 Å². The molecule has 1 aliphatic carbocycles. The predicted octanol–water partition coefficient (Wildman–Crippen LogP) is 2.46. The second-order valence-corrected chi connectivity index (χ2v) is 4.75. The van der Waals surface area contributed by atoms with E-state index in [4.69, 9.17) is 4.74 Å². The van der Waals surface area contributed by atoms with Gasteiger partial charge in [-0.2, -0.15) is 5.10 Å². The number of aryl methyl sites for hydroxylation is 1. The Bertz CT molecular complexity index is 531. The van der Waals surface area contributed by atoms with Crippen molar-refractivity contribution in [2.45, 2.75) is 25.4 Å². The molecule has 3 rings (SSSR count). The van der Waals surface area contributed by atoms with Crippen molar-refractivity contribution < 1.29 is 4.74 Å². The van der Waals surface area contributed by atoms with Crippen LogP contribution in [0.3, 0.4) is 0 Å². The van der Waals surface area contributed by atoms with Crippen LogP contribution in [0.25, 0.3) is 0 Å². The Labute approximate surface area is 107 Å². The van der Waals surface area contributed by atoms with Crippen LogP contribution >= 0.6 is 0 Å². The van der Waals surface area contributed by atoms with Crippen LogP contribution in [0.2, 0.25) is 0 Å². The second kappa shape index (κ2) is 4.82. The molecule has 1 aliphatic rings. The number of benzene rings is 1. The molecule has 0 aliphatic heterocycles. The number of aromatic nitrogens is 2. The van der Waals surface area contributed by atoms with Gasteiger partial charge in [-0.15, -0.1) is 0 Å². The van der Waals surface area contributed by atoms with Crippen molar-refractivity contribution >= 4 is 0 Å². The zero-order valence-corrected chi connectivity index (χ0v) is 10.5. The fourth-order valence-electron chi connectivity index (χ4n) is 1.86. The Balaban J connectivity index is 1.65. The highest BCUT2D eigenvalue weighted by Gasteiger charge is 2.19. The van der Waals surface area contributed by atoms with Crippen molar-refractivity contribution in [1.29, 1.82) is 0 Å². The number of nitrogens with one attached hydrogen (secondary N) is 1. The molecule has 2 aromatic rings. The lowest BCUT2D eigenvalue weighted by atomic mass is 10.2. The van der Waals surface area contributed by atoms with Crippen molar-refractivity contribution in [3.05, 3.63) is 42.2 Å². The van der Waals surface area contributed by atoms with Crippen LogP contribution in [0.15, 0.2) is 36.7 Å². The standard InChI is InChI=1S/C14H17N3O/c1-17-10-14(9-16-17)18-13-4-2-3-11(7-13)8-15-12-5-6-12/h2-4,7,9-10,12,15H,5-6,8H2,1H3. The molecule has 1 saturated carbocycles. The number of rotatable bonds is 5. The van der Waals surface area contributed by atoms with E-state index in [1.165, 1.54) is 18.4 Å². The summed E-state index contributed by atoms with van der Waals surface area (Å²) in [4.78, 5) is 0. The molecule has 1 N–H and O–H groups in total. The fraction of sp³-hybridized carbons (Fsp3) is 0.357. The summed E-state index contributed by atoms with van der Waals surface area (Å²) < 4.78 is 7.48. The average Bonchev–Trinajstić information content (AvgIpc) is 3.11. The van der Waals surface area contributed by atoms with Crippen molar-refractivity contribution in [2.24, 2.45) is 7.05 Å². The van der Waals surface area contributed by atoms with Gasteiger partial charge in [-0.25, -0.2) is 0 Å². The summed E-state index contributed by atoms with van der Waals surface area (Å²) in [5, 5.41) is 7.58. The van der Waals surface area contributed by atoms with Crippen LogP contribution in [0.5, 0.6) is 11.5 Å². The minimum Gasteiger partial charge on any atom is -0.454 e. The summed E-state index contributed by atoms with van der Waals surface area (Å²) in [6.45, 7) is 0.912. The molecule has 0 atom stereocenters. The molecule has 1 heterocycles. The molecule has 4 nitrogen and oxygen atoms in total. The first-order chi connectivity index (χ1) is 8.79. The van der Waals surface area contributed by atoms with Gasteiger partial charge in [-0.05, 0) is 30.5 Å². The highest BCUT2D eigenvalue weighted by molar-refractivity contribution is 5.32. The van der Waals surface area contributed by atoms with Crippen LogP contribution in [0.1, 0.15) is 18.4 Å². The highest BCUT2D eigenvalue weighted by atomic mass is 16.5. The summed E-state index contributed by atoms with van der Waals surface area (Å²) >= 11 is 0. The summed E-state index contributed by atoms with van der Waals surface area (Å²) in [5.74, 6) is 1.63. The first-order valence-corrected chi connectivity index (χ1v) is 6.28.